The molecule has 2 fully saturated rings. The van der Waals surface area contributed by atoms with Gasteiger partial charge in [-0.05, 0) is 55.0 Å². The van der Waals surface area contributed by atoms with Crippen LogP contribution in [-0.4, -0.2) is 60.1 Å². The van der Waals surface area contributed by atoms with Crippen molar-refractivity contribution in [3.8, 4) is 11.5 Å². The maximum atomic E-state index is 12.8. The minimum Gasteiger partial charge on any atom is -0.489 e. The third-order valence-corrected chi connectivity index (χ3v) is 6.31. The first-order chi connectivity index (χ1) is 17.2. The van der Waals surface area contributed by atoms with Crippen molar-refractivity contribution in [2.24, 2.45) is 11.7 Å². The number of halogens is 2. The molecule has 2 aliphatic rings. The second-order valence-corrected chi connectivity index (χ2v) is 8.99. The summed E-state index contributed by atoms with van der Waals surface area (Å²) in [5.74, 6) is -1.01. The molecule has 11 heteroatoms. The van der Waals surface area contributed by atoms with E-state index < -0.39 is 18.5 Å². The number of pyridine rings is 1. The second-order valence-electron chi connectivity index (χ2n) is 8.99. The summed E-state index contributed by atoms with van der Waals surface area (Å²) < 4.78 is 41.5. The molecule has 1 aromatic carbocycles. The van der Waals surface area contributed by atoms with E-state index in [1.807, 2.05) is 0 Å². The number of aromatic nitrogens is 1. The lowest BCUT2D eigenvalue weighted by Gasteiger charge is -2.22. The van der Waals surface area contributed by atoms with Crippen LogP contribution in [0.5, 0.6) is 11.5 Å². The number of benzene rings is 1. The summed E-state index contributed by atoms with van der Waals surface area (Å²) in [7, 11) is 0. The van der Waals surface area contributed by atoms with Gasteiger partial charge in [0.2, 0.25) is 11.8 Å². The Morgan fingerprint density at radius 2 is 1.92 bits per heavy atom. The van der Waals surface area contributed by atoms with Crippen LogP contribution < -0.4 is 15.2 Å². The van der Waals surface area contributed by atoms with Gasteiger partial charge in [-0.15, -0.1) is 0 Å². The number of ether oxygens (including phenoxy) is 3. The van der Waals surface area contributed by atoms with Crippen molar-refractivity contribution in [2.45, 2.75) is 44.8 Å². The summed E-state index contributed by atoms with van der Waals surface area (Å²) >= 11 is 0. The first kappa shape index (κ1) is 25.3. The Morgan fingerprint density at radius 3 is 2.53 bits per heavy atom. The maximum Gasteiger partial charge on any atom is 0.387 e. The molecule has 0 radical (unpaired) electrons. The molecular weight excluding hydrogens is 476 g/mol. The van der Waals surface area contributed by atoms with Crippen molar-refractivity contribution in [1.82, 2.24) is 9.88 Å². The second kappa shape index (κ2) is 10.9. The molecule has 1 saturated carbocycles. The van der Waals surface area contributed by atoms with Crippen molar-refractivity contribution >= 4 is 17.8 Å². The third kappa shape index (κ3) is 6.27. The van der Waals surface area contributed by atoms with Gasteiger partial charge >= 0.3 is 12.6 Å². The molecule has 1 aromatic heterocycles. The normalized spacial score (nSPS) is 19.3. The first-order valence-corrected chi connectivity index (χ1v) is 11.6. The number of esters is 1. The molecule has 36 heavy (non-hydrogen) atoms. The summed E-state index contributed by atoms with van der Waals surface area (Å²) in [6.45, 7) is -0.781. The van der Waals surface area contributed by atoms with E-state index in [-0.39, 0.29) is 47.2 Å². The van der Waals surface area contributed by atoms with Gasteiger partial charge in [0.05, 0.1) is 18.2 Å². The number of amides is 2. The summed E-state index contributed by atoms with van der Waals surface area (Å²) in [5, 5.41) is 0. The number of hydrogen-bond donors (Lipinski definition) is 1. The quantitative estimate of drug-likeness (QED) is 0.495. The number of carbonyl (C=O) groups is 3. The van der Waals surface area contributed by atoms with Crippen molar-refractivity contribution in [2.75, 3.05) is 19.8 Å². The van der Waals surface area contributed by atoms with E-state index in [4.69, 9.17) is 15.2 Å². The molecule has 192 valence electrons. The van der Waals surface area contributed by atoms with Gasteiger partial charge in [0.15, 0.2) is 11.5 Å². The van der Waals surface area contributed by atoms with E-state index in [0.29, 0.717) is 25.5 Å². The number of carbonyl (C=O) groups excluding carboxylic acids is 3. The van der Waals surface area contributed by atoms with E-state index in [1.165, 1.54) is 31.3 Å². The van der Waals surface area contributed by atoms with Gasteiger partial charge in [0, 0.05) is 25.6 Å². The van der Waals surface area contributed by atoms with Crippen molar-refractivity contribution in [1.29, 1.82) is 0 Å². The summed E-state index contributed by atoms with van der Waals surface area (Å²) in [4.78, 5) is 41.4. The number of hydrogen-bond acceptors (Lipinski definition) is 7. The fraction of sp³-hybridized carbons (Fsp3) is 0.440. The van der Waals surface area contributed by atoms with E-state index in [1.54, 1.807) is 17.0 Å². The van der Waals surface area contributed by atoms with Gasteiger partial charge in [-0.1, -0.05) is 6.07 Å². The molecule has 1 saturated heterocycles. The SMILES string of the molecule is CC(=O)N1C[C@H](c2ccc(OC(F)F)c(OCC3CC3)c2)C[C@@H]1COC(=O)c1ccc(C(N)=O)cn1. The van der Waals surface area contributed by atoms with E-state index in [0.717, 1.165) is 18.4 Å². The summed E-state index contributed by atoms with van der Waals surface area (Å²) in [6.07, 6.45) is 3.78. The van der Waals surface area contributed by atoms with Crippen LogP contribution in [0.3, 0.4) is 0 Å². The molecule has 1 aliphatic heterocycles. The Hall–Kier alpha value is -3.76. The molecule has 4 rings (SSSR count). The molecule has 1 aliphatic carbocycles. The highest BCUT2D eigenvalue weighted by molar-refractivity contribution is 5.93. The van der Waals surface area contributed by atoms with Crippen LogP contribution in [0.4, 0.5) is 8.78 Å². The lowest BCUT2D eigenvalue weighted by molar-refractivity contribution is -0.130. The Balaban J connectivity index is 1.43. The topological polar surface area (TPSA) is 121 Å². The molecule has 2 heterocycles. The van der Waals surface area contributed by atoms with Crippen LogP contribution in [-0.2, 0) is 9.53 Å². The van der Waals surface area contributed by atoms with Gasteiger partial charge in [-0.2, -0.15) is 8.78 Å². The molecule has 2 amide bonds. The lowest BCUT2D eigenvalue weighted by Crippen LogP contribution is -2.37. The van der Waals surface area contributed by atoms with Crippen molar-refractivity contribution in [3.05, 3.63) is 53.3 Å². The zero-order chi connectivity index (χ0) is 25.8. The molecular formula is C25H27F2N3O6. The lowest BCUT2D eigenvalue weighted by atomic mass is 9.96. The highest BCUT2D eigenvalue weighted by Gasteiger charge is 2.36. The third-order valence-electron chi connectivity index (χ3n) is 6.31. The number of primary amides is 1. The predicted octanol–water partition coefficient (Wildman–Crippen LogP) is 3.13. The molecule has 2 atom stereocenters. The average Bonchev–Trinajstić information content (AvgIpc) is 3.58. The maximum absolute atomic E-state index is 12.8. The predicted molar refractivity (Wildman–Crippen MR) is 123 cm³/mol. The van der Waals surface area contributed by atoms with Crippen LogP contribution in [0, 0.1) is 5.92 Å². The highest BCUT2D eigenvalue weighted by Crippen LogP contribution is 2.39. The number of likely N-dealkylation sites (tertiary alicyclic amines) is 1. The zero-order valence-corrected chi connectivity index (χ0v) is 19.7. The van der Waals surface area contributed by atoms with Crippen LogP contribution in [0.25, 0.3) is 0 Å². The molecule has 0 unspecified atom stereocenters. The van der Waals surface area contributed by atoms with Crippen LogP contribution in [0.15, 0.2) is 36.5 Å². The van der Waals surface area contributed by atoms with Crippen LogP contribution in [0.1, 0.15) is 58.5 Å². The Labute approximate surface area is 206 Å². The first-order valence-electron chi connectivity index (χ1n) is 11.6. The van der Waals surface area contributed by atoms with Gasteiger partial charge in [-0.3, -0.25) is 9.59 Å². The molecule has 2 aromatic rings. The molecule has 9 nitrogen and oxygen atoms in total. The Morgan fingerprint density at radius 1 is 1.14 bits per heavy atom. The molecule has 0 bridgehead atoms. The monoisotopic (exact) mass is 503 g/mol. The smallest absolute Gasteiger partial charge is 0.387 e. The average molecular weight is 504 g/mol. The van der Waals surface area contributed by atoms with E-state index in [9.17, 15) is 23.2 Å². The van der Waals surface area contributed by atoms with Gasteiger partial charge < -0.3 is 24.8 Å². The summed E-state index contributed by atoms with van der Waals surface area (Å²) in [6, 6.07) is 7.16. The molecule has 2 N–H and O–H groups in total. The summed E-state index contributed by atoms with van der Waals surface area (Å²) in [5.41, 5.74) is 6.16. The largest absolute Gasteiger partial charge is 0.489 e. The van der Waals surface area contributed by atoms with Crippen molar-refractivity contribution in [3.63, 3.8) is 0 Å². The van der Waals surface area contributed by atoms with Gasteiger partial charge in [0.25, 0.3) is 0 Å². The van der Waals surface area contributed by atoms with Gasteiger partial charge in [0.1, 0.15) is 12.3 Å². The number of nitrogens with two attached hydrogens (primary N) is 1. The van der Waals surface area contributed by atoms with E-state index >= 15 is 0 Å². The molecule has 0 spiro atoms. The fourth-order valence-electron chi connectivity index (χ4n) is 4.18. The zero-order valence-electron chi connectivity index (χ0n) is 19.7. The minimum atomic E-state index is -2.97. The van der Waals surface area contributed by atoms with Crippen LogP contribution >= 0.6 is 0 Å². The Kier molecular flexibility index (Phi) is 7.66. The fourth-order valence-corrected chi connectivity index (χ4v) is 4.18. The number of alkyl halides is 2. The van der Waals surface area contributed by atoms with Crippen molar-refractivity contribution < 1.29 is 37.4 Å². The Bertz CT molecular complexity index is 1120. The van der Waals surface area contributed by atoms with Gasteiger partial charge in [-0.25, -0.2) is 9.78 Å². The standard InChI is InChI=1S/C25H27F2N3O6/c1-14(31)30-11-18(8-19(30)13-35-24(33)20-6-4-17(10-29-20)23(28)32)16-5-7-21(36-25(26)27)22(9-16)34-12-15-2-3-15/h4-7,9-10,15,18-19,25H,2-3,8,11-13H2,1H3,(H2,28,32)/t18-,19-/m1/s1. The number of nitrogens with zero attached hydrogens (tertiary/aromatic N) is 2. The van der Waals surface area contributed by atoms with Crippen LogP contribution in [0.2, 0.25) is 0 Å². The van der Waals surface area contributed by atoms with E-state index in [2.05, 4.69) is 9.72 Å². The minimum absolute atomic E-state index is 0.0102. The highest BCUT2D eigenvalue weighted by atomic mass is 19.3. The number of rotatable bonds is 10.